The molecule has 3 nitrogen and oxygen atoms in total. The van der Waals surface area contributed by atoms with Crippen molar-refractivity contribution in [2.24, 2.45) is 0 Å². The van der Waals surface area contributed by atoms with Gasteiger partial charge in [-0.05, 0) is 20.8 Å². The number of ether oxygens (including phenoxy) is 1. The maximum atomic E-state index is 11.4. The molecule has 0 spiro atoms. The van der Waals surface area contributed by atoms with E-state index in [0.29, 0.717) is 5.56 Å². The smallest absolute Gasteiger partial charge is 0.339 e. The molecule has 1 aromatic rings. The summed E-state index contributed by atoms with van der Waals surface area (Å²) in [5.41, 5.74) is 1.19. The number of rotatable bonds is 1. The molecular formula is C11H14NO2+. The highest BCUT2D eigenvalue weighted by molar-refractivity contribution is 5.94. The van der Waals surface area contributed by atoms with Crippen molar-refractivity contribution >= 4 is 5.97 Å². The molecule has 74 valence electrons. The van der Waals surface area contributed by atoms with E-state index in [9.17, 15) is 4.79 Å². The fourth-order valence-electron chi connectivity index (χ4n) is 1.73. The molecule has 2 rings (SSSR count). The van der Waals surface area contributed by atoms with Crippen molar-refractivity contribution in [1.82, 2.24) is 0 Å². The largest absolute Gasteiger partial charge is 0.451 e. The Hall–Kier alpha value is -1.38. The monoisotopic (exact) mass is 192 g/mol. The van der Waals surface area contributed by atoms with Crippen LogP contribution in [0, 0.1) is 0 Å². The van der Waals surface area contributed by atoms with Gasteiger partial charge in [0.05, 0.1) is 11.1 Å². The molecular weight excluding hydrogens is 178 g/mol. The molecule has 0 unspecified atom stereocenters. The van der Waals surface area contributed by atoms with E-state index in [0.717, 1.165) is 12.1 Å². The van der Waals surface area contributed by atoms with E-state index < -0.39 is 5.60 Å². The van der Waals surface area contributed by atoms with E-state index in [1.807, 2.05) is 36.9 Å². The van der Waals surface area contributed by atoms with E-state index in [2.05, 4.69) is 6.92 Å². The first-order chi connectivity index (χ1) is 6.54. The Morgan fingerprint density at radius 1 is 1.50 bits per heavy atom. The first kappa shape index (κ1) is 9.19. The third-order valence-electron chi connectivity index (χ3n) is 2.60. The molecule has 0 N–H and O–H groups in total. The number of carbonyl (C=O) groups excluding carboxylic acids is 1. The molecule has 1 aliphatic heterocycles. The summed E-state index contributed by atoms with van der Waals surface area (Å²) in [6.45, 7) is 6.79. The van der Waals surface area contributed by atoms with Crippen LogP contribution in [0.3, 0.4) is 0 Å². The summed E-state index contributed by atoms with van der Waals surface area (Å²) < 4.78 is 7.31. The summed E-state index contributed by atoms with van der Waals surface area (Å²) in [4.78, 5) is 11.4. The summed E-state index contributed by atoms with van der Waals surface area (Å²) in [6, 6.07) is 1.83. The molecule has 14 heavy (non-hydrogen) atoms. The summed E-state index contributed by atoms with van der Waals surface area (Å²) >= 11 is 0. The molecule has 1 aliphatic rings. The van der Waals surface area contributed by atoms with Crippen molar-refractivity contribution in [3.05, 3.63) is 29.6 Å². The van der Waals surface area contributed by atoms with Gasteiger partial charge >= 0.3 is 5.97 Å². The van der Waals surface area contributed by atoms with E-state index >= 15 is 0 Å². The van der Waals surface area contributed by atoms with Gasteiger partial charge in [0.2, 0.25) is 0 Å². The summed E-state index contributed by atoms with van der Waals surface area (Å²) in [7, 11) is 0. The van der Waals surface area contributed by atoms with Crippen molar-refractivity contribution in [2.45, 2.75) is 32.9 Å². The third kappa shape index (κ3) is 1.20. The van der Waals surface area contributed by atoms with Crippen LogP contribution in [0.5, 0.6) is 0 Å². The highest BCUT2D eigenvalue weighted by atomic mass is 16.6. The second-order valence-corrected chi connectivity index (χ2v) is 4.00. The maximum Gasteiger partial charge on any atom is 0.339 e. The number of nitrogens with zero attached hydrogens (tertiary/aromatic N) is 1. The molecule has 0 saturated heterocycles. The molecule has 0 saturated carbocycles. The molecule has 3 heteroatoms. The number of esters is 1. The average Bonchev–Trinajstić information content (AvgIpc) is 2.37. The van der Waals surface area contributed by atoms with Crippen LogP contribution in [0.15, 0.2) is 18.5 Å². The molecule has 1 aromatic heterocycles. The topological polar surface area (TPSA) is 30.2 Å². The Morgan fingerprint density at radius 2 is 2.21 bits per heavy atom. The minimum Gasteiger partial charge on any atom is -0.451 e. The lowest BCUT2D eigenvalue weighted by molar-refractivity contribution is -0.694. The lowest BCUT2D eigenvalue weighted by Gasteiger charge is -2.15. The van der Waals surface area contributed by atoms with Gasteiger partial charge in [0, 0.05) is 6.07 Å². The number of hydrogen-bond donors (Lipinski definition) is 0. The number of aryl methyl sites for hydroxylation is 1. The first-order valence-electron chi connectivity index (χ1n) is 4.81. The number of aromatic nitrogens is 1. The molecule has 0 amide bonds. The Kier molecular flexibility index (Phi) is 1.84. The number of pyridine rings is 1. The predicted molar refractivity (Wildman–Crippen MR) is 50.8 cm³/mol. The Labute approximate surface area is 83.3 Å². The van der Waals surface area contributed by atoms with E-state index in [1.54, 1.807) is 0 Å². The van der Waals surface area contributed by atoms with Crippen molar-refractivity contribution in [3.8, 4) is 0 Å². The van der Waals surface area contributed by atoms with Gasteiger partial charge in [0.1, 0.15) is 12.1 Å². The van der Waals surface area contributed by atoms with Gasteiger partial charge in [0.15, 0.2) is 12.4 Å². The van der Waals surface area contributed by atoms with Crippen LogP contribution < -0.4 is 4.57 Å². The Balaban J connectivity index is 2.59. The number of cyclic esters (lactones) is 1. The second-order valence-electron chi connectivity index (χ2n) is 4.00. The van der Waals surface area contributed by atoms with E-state index in [4.69, 9.17) is 4.74 Å². The van der Waals surface area contributed by atoms with Crippen LogP contribution in [0.2, 0.25) is 0 Å². The normalized spacial score (nSPS) is 17.8. The van der Waals surface area contributed by atoms with Crippen LogP contribution in [-0.2, 0) is 16.9 Å². The standard InChI is InChI=1S/C11H14NO2/c1-4-12-6-5-8-9(7-12)11(2,3)14-10(8)13/h5-7H,4H2,1-3H3/q+1. The fourth-order valence-corrected chi connectivity index (χ4v) is 1.73. The zero-order valence-electron chi connectivity index (χ0n) is 8.70. The highest BCUT2D eigenvalue weighted by Crippen LogP contribution is 2.34. The first-order valence-corrected chi connectivity index (χ1v) is 4.81. The minimum atomic E-state index is -0.482. The van der Waals surface area contributed by atoms with Gasteiger partial charge in [-0.15, -0.1) is 0 Å². The third-order valence-corrected chi connectivity index (χ3v) is 2.60. The van der Waals surface area contributed by atoms with Crippen molar-refractivity contribution in [2.75, 3.05) is 0 Å². The molecule has 0 fully saturated rings. The summed E-state index contributed by atoms with van der Waals surface area (Å²) in [6.07, 6.45) is 3.89. The zero-order chi connectivity index (χ0) is 10.3. The molecule has 2 heterocycles. The minimum absolute atomic E-state index is 0.215. The van der Waals surface area contributed by atoms with Gasteiger partial charge in [-0.1, -0.05) is 0 Å². The lowest BCUT2D eigenvalue weighted by atomic mass is 9.98. The van der Waals surface area contributed by atoms with Gasteiger partial charge in [0.25, 0.3) is 0 Å². The molecule has 0 radical (unpaired) electrons. The molecule has 0 aliphatic carbocycles. The van der Waals surface area contributed by atoms with Crippen LogP contribution in [0.4, 0.5) is 0 Å². The van der Waals surface area contributed by atoms with Crippen LogP contribution >= 0.6 is 0 Å². The van der Waals surface area contributed by atoms with E-state index in [-0.39, 0.29) is 5.97 Å². The Morgan fingerprint density at radius 3 is 2.86 bits per heavy atom. The van der Waals surface area contributed by atoms with Gasteiger partial charge < -0.3 is 4.74 Å². The predicted octanol–water partition coefficient (Wildman–Crippen LogP) is 1.40. The van der Waals surface area contributed by atoms with Gasteiger partial charge in [-0.25, -0.2) is 9.36 Å². The van der Waals surface area contributed by atoms with Crippen LogP contribution in [0.25, 0.3) is 0 Å². The molecule has 0 atom stereocenters. The molecule has 0 bridgehead atoms. The Bertz CT molecular complexity index is 396. The van der Waals surface area contributed by atoms with Crippen LogP contribution in [-0.4, -0.2) is 5.97 Å². The number of hydrogen-bond acceptors (Lipinski definition) is 2. The molecule has 0 aromatic carbocycles. The fraction of sp³-hybridized carbons (Fsp3) is 0.455. The van der Waals surface area contributed by atoms with Crippen molar-refractivity contribution in [1.29, 1.82) is 0 Å². The van der Waals surface area contributed by atoms with Crippen molar-refractivity contribution < 1.29 is 14.1 Å². The average molecular weight is 192 g/mol. The number of carbonyl (C=O) groups is 1. The summed E-state index contributed by atoms with van der Waals surface area (Å²) in [5, 5.41) is 0. The van der Waals surface area contributed by atoms with Crippen molar-refractivity contribution in [3.63, 3.8) is 0 Å². The lowest BCUT2D eigenvalue weighted by Crippen LogP contribution is -2.33. The van der Waals surface area contributed by atoms with Gasteiger partial charge in [-0.2, -0.15) is 0 Å². The SMILES string of the molecule is CC[n+]1ccc2c(c1)C(C)(C)OC2=O. The van der Waals surface area contributed by atoms with E-state index in [1.165, 1.54) is 0 Å². The van der Waals surface area contributed by atoms with Crippen LogP contribution in [0.1, 0.15) is 36.7 Å². The quantitative estimate of drug-likeness (QED) is 0.497. The summed E-state index contributed by atoms with van der Waals surface area (Å²) in [5.74, 6) is -0.215. The number of fused-ring (bicyclic) bond motifs is 1. The van der Waals surface area contributed by atoms with Gasteiger partial charge in [-0.3, -0.25) is 0 Å². The maximum absolute atomic E-state index is 11.4. The second kappa shape index (κ2) is 2.80. The zero-order valence-corrected chi connectivity index (χ0v) is 8.70. The highest BCUT2D eigenvalue weighted by Gasteiger charge is 2.39.